The first-order valence-electron chi connectivity index (χ1n) is 7.64. The summed E-state index contributed by atoms with van der Waals surface area (Å²) in [6.07, 6.45) is 0. The normalized spacial score (nSPS) is 12.3. The number of sulfonamides is 1. The molecule has 2 rings (SSSR count). The lowest BCUT2D eigenvalue weighted by Crippen LogP contribution is -2.41. The van der Waals surface area contributed by atoms with Crippen LogP contribution < -0.4 is 15.4 Å². The molecule has 0 aliphatic heterocycles. The van der Waals surface area contributed by atoms with Gasteiger partial charge in [-0.3, -0.25) is 9.59 Å². The second kappa shape index (κ2) is 8.43. The van der Waals surface area contributed by atoms with Crippen LogP contribution in [0.5, 0.6) is 0 Å². The molecule has 1 atom stereocenters. The molecule has 2 amide bonds. The van der Waals surface area contributed by atoms with Gasteiger partial charge in [-0.15, -0.1) is 0 Å². The molecule has 0 unspecified atom stereocenters. The van der Waals surface area contributed by atoms with Crippen LogP contribution in [0.4, 0.5) is 11.4 Å². The van der Waals surface area contributed by atoms with Gasteiger partial charge in [-0.25, -0.2) is 8.42 Å². The summed E-state index contributed by atoms with van der Waals surface area (Å²) in [5, 5.41) is 5.23. The third kappa shape index (κ3) is 5.65. The van der Waals surface area contributed by atoms with Gasteiger partial charge in [0.15, 0.2) is 0 Å². The van der Waals surface area contributed by atoms with Crippen LogP contribution in [-0.2, 0) is 19.6 Å². The number of nitrogens with one attached hydrogen (secondary N) is 3. The van der Waals surface area contributed by atoms with Crippen molar-refractivity contribution in [2.75, 3.05) is 10.6 Å². The molecule has 7 nitrogen and oxygen atoms in total. The molecule has 138 valence electrons. The van der Waals surface area contributed by atoms with Gasteiger partial charge in [-0.2, -0.15) is 4.72 Å². The number of benzene rings is 2. The predicted octanol–water partition coefficient (Wildman–Crippen LogP) is 2.71. The Labute approximate surface area is 160 Å². The highest BCUT2D eigenvalue weighted by Crippen LogP contribution is 2.16. The zero-order valence-corrected chi connectivity index (χ0v) is 16.5. The van der Waals surface area contributed by atoms with Gasteiger partial charge in [-0.05, 0) is 55.5 Å². The van der Waals surface area contributed by atoms with E-state index in [0.29, 0.717) is 11.4 Å². The molecule has 0 fully saturated rings. The first-order chi connectivity index (χ1) is 12.2. The van der Waals surface area contributed by atoms with Gasteiger partial charge in [0.05, 0.1) is 10.9 Å². The van der Waals surface area contributed by atoms with Crippen molar-refractivity contribution >= 4 is 49.1 Å². The van der Waals surface area contributed by atoms with Crippen LogP contribution >= 0.6 is 15.9 Å². The average molecular weight is 440 g/mol. The van der Waals surface area contributed by atoms with Crippen molar-refractivity contribution in [3.63, 3.8) is 0 Å². The third-order valence-corrected chi connectivity index (χ3v) is 5.41. The van der Waals surface area contributed by atoms with Gasteiger partial charge in [0, 0.05) is 22.8 Å². The van der Waals surface area contributed by atoms with E-state index in [2.05, 4.69) is 31.3 Å². The molecule has 0 aromatic heterocycles. The van der Waals surface area contributed by atoms with E-state index < -0.39 is 22.0 Å². The number of carbonyl (C=O) groups is 2. The zero-order chi connectivity index (χ0) is 19.3. The van der Waals surface area contributed by atoms with Crippen LogP contribution in [-0.4, -0.2) is 26.3 Å². The molecule has 0 bridgehead atoms. The van der Waals surface area contributed by atoms with Crippen molar-refractivity contribution in [1.82, 2.24) is 4.72 Å². The zero-order valence-electron chi connectivity index (χ0n) is 14.1. The fourth-order valence-electron chi connectivity index (χ4n) is 2.06. The lowest BCUT2D eigenvalue weighted by molar-refractivity contribution is -0.117. The molecule has 0 radical (unpaired) electrons. The van der Waals surface area contributed by atoms with Crippen molar-refractivity contribution < 1.29 is 18.0 Å². The number of amides is 2. The van der Waals surface area contributed by atoms with Crippen LogP contribution in [0.15, 0.2) is 57.9 Å². The Bertz CT molecular complexity index is 897. The van der Waals surface area contributed by atoms with Crippen LogP contribution in [0, 0.1) is 0 Å². The molecular weight excluding hydrogens is 422 g/mol. The summed E-state index contributed by atoms with van der Waals surface area (Å²) in [4.78, 5) is 23.3. The second-order valence-electron chi connectivity index (χ2n) is 5.54. The number of hydrogen-bond acceptors (Lipinski definition) is 4. The number of hydrogen-bond donors (Lipinski definition) is 3. The Morgan fingerprint density at radius 2 is 1.42 bits per heavy atom. The van der Waals surface area contributed by atoms with E-state index in [1.807, 2.05) is 0 Å². The fraction of sp³-hybridized carbons (Fsp3) is 0.176. The SMILES string of the molecule is CC(=O)Nc1ccc(NC(=O)[C@@H](C)NS(=O)(=O)c2ccc(Br)cc2)cc1. The van der Waals surface area contributed by atoms with Crippen LogP contribution in [0.3, 0.4) is 0 Å². The average Bonchev–Trinajstić information content (AvgIpc) is 2.56. The summed E-state index contributed by atoms with van der Waals surface area (Å²) in [5.74, 6) is -0.698. The molecule has 2 aromatic carbocycles. The maximum absolute atomic E-state index is 12.3. The van der Waals surface area contributed by atoms with Gasteiger partial charge < -0.3 is 10.6 Å². The van der Waals surface area contributed by atoms with Gasteiger partial charge in [0.2, 0.25) is 21.8 Å². The van der Waals surface area contributed by atoms with E-state index in [9.17, 15) is 18.0 Å². The molecule has 3 N–H and O–H groups in total. The van der Waals surface area contributed by atoms with Gasteiger partial charge >= 0.3 is 0 Å². The molecule has 0 spiro atoms. The molecule has 0 aliphatic rings. The highest BCUT2D eigenvalue weighted by atomic mass is 79.9. The lowest BCUT2D eigenvalue weighted by Gasteiger charge is -2.15. The summed E-state index contributed by atoms with van der Waals surface area (Å²) in [6.45, 7) is 2.85. The molecule has 26 heavy (non-hydrogen) atoms. The maximum Gasteiger partial charge on any atom is 0.242 e. The predicted molar refractivity (Wildman–Crippen MR) is 103 cm³/mol. The molecule has 0 saturated heterocycles. The van der Waals surface area contributed by atoms with E-state index >= 15 is 0 Å². The highest BCUT2D eigenvalue weighted by Gasteiger charge is 2.22. The van der Waals surface area contributed by atoms with Crippen LogP contribution in [0.25, 0.3) is 0 Å². The Morgan fingerprint density at radius 1 is 0.923 bits per heavy atom. The van der Waals surface area contributed by atoms with Crippen LogP contribution in [0.1, 0.15) is 13.8 Å². The van der Waals surface area contributed by atoms with E-state index in [1.165, 1.54) is 26.0 Å². The van der Waals surface area contributed by atoms with Gasteiger partial charge in [0.1, 0.15) is 0 Å². The van der Waals surface area contributed by atoms with E-state index in [-0.39, 0.29) is 10.8 Å². The van der Waals surface area contributed by atoms with Crippen molar-refractivity contribution in [1.29, 1.82) is 0 Å². The van der Waals surface area contributed by atoms with Gasteiger partial charge in [-0.1, -0.05) is 15.9 Å². The number of halogens is 1. The van der Waals surface area contributed by atoms with E-state index in [4.69, 9.17) is 0 Å². The van der Waals surface area contributed by atoms with E-state index in [1.54, 1.807) is 36.4 Å². The second-order valence-corrected chi connectivity index (χ2v) is 8.17. The topological polar surface area (TPSA) is 104 Å². The third-order valence-electron chi connectivity index (χ3n) is 3.32. The van der Waals surface area contributed by atoms with Crippen molar-refractivity contribution in [2.45, 2.75) is 24.8 Å². The number of carbonyl (C=O) groups excluding carboxylic acids is 2. The standard InChI is InChI=1S/C17H18BrN3O4S/c1-11(21-26(24,25)16-9-3-13(18)4-10-16)17(23)20-15-7-5-14(6-8-15)19-12(2)22/h3-11,21H,1-2H3,(H,19,22)(H,20,23)/t11-/m1/s1. The quantitative estimate of drug-likeness (QED) is 0.643. The number of anilines is 2. The Kier molecular flexibility index (Phi) is 6.52. The monoisotopic (exact) mass is 439 g/mol. The van der Waals surface area contributed by atoms with Crippen LogP contribution in [0.2, 0.25) is 0 Å². The minimum atomic E-state index is -3.81. The maximum atomic E-state index is 12.3. The summed E-state index contributed by atoms with van der Waals surface area (Å²) in [7, 11) is -3.81. The highest BCUT2D eigenvalue weighted by molar-refractivity contribution is 9.10. The molecule has 0 aliphatic carbocycles. The minimum absolute atomic E-state index is 0.0695. The molecule has 0 saturated carbocycles. The lowest BCUT2D eigenvalue weighted by atomic mass is 10.2. The van der Waals surface area contributed by atoms with Crippen molar-refractivity contribution in [2.24, 2.45) is 0 Å². The molecular formula is C17H18BrN3O4S. The Morgan fingerprint density at radius 3 is 1.92 bits per heavy atom. The molecule has 0 heterocycles. The Hall–Kier alpha value is -2.23. The minimum Gasteiger partial charge on any atom is -0.326 e. The summed E-state index contributed by atoms with van der Waals surface area (Å²) in [6, 6.07) is 11.6. The molecule has 9 heteroatoms. The summed E-state index contributed by atoms with van der Waals surface area (Å²) in [5.41, 5.74) is 1.08. The summed E-state index contributed by atoms with van der Waals surface area (Å²) >= 11 is 3.24. The van der Waals surface area contributed by atoms with Crippen molar-refractivity contribution in [3.8, 4) is 0 Å². The smallest absolute Gasteiger partial charge is 0.242 e. The van der Waals surface area contributed by atoms with E-state index in [0.717, 1.165) is 4.47 Å². The number of rotatable bonds is 6. The first kappa shape index (κ1) is 20.1. The largest absolute Gasteiger partial charge is 0.326 e. The van der Waals surface area contributed by atoms with Gasteiger partial charge in [0.25, 0.3) is 0 Å². The Balaban J connectivity index is 2.00. The first-order valence-corrected chi connectivity index (χ1v) is 9.91. The summed E-state index contributed by atoms with van der Waals surface area (Å²) < 4.78 is 27.7. The molecule has 2 aromatic rings. The van der Waals surface area contributed by atoms with Crippen molar-refractivity contribution in [3.05, 3.63) is 53.0 Å². The fourth-order valence-corrected chi connectivity index (χ4v) is 3.53.